The maximum Gasteiger partial charge on any atom is 0.288 e. The van der Waals surface area contributed by atoms with Gasteiger partial charge in [-0.15, -0.1) is 0 Å². The van der Waals surface area contributed by atoms with Crippen LogP contribution in [0.25, 0.3) is 0 Å². The predicted molar refractivity (Wildman–Crippen MR) is 80.4 cm³/mol. The number of hydrogen-bond acceptors (Lipinski definition) is 4. The van der Waals surface area contributed by atoms with Crippen molar-refractivity contribution < 1.29 is 10.0 Å². The average molecular weight is 295 g/mol. The zero-order chi connectivity index (χ0) is 14.5. The summed E-state index contributed by atoms with van der Waals surface area (Å²) in [6.45, 7) is 1.98. The Hall–Kier alpha value is -1.07. The molecule has 0 heterocycles. The van der Waals surface area contributed by atoms with E-state index in [-0.39, 0.29) is 10.8 Å². The number of thioether (sulfide) groups is 1. The molecule has 1 aromatic carbocycles. The molecule has 5 heteroatoms. The summed E-state index contributed by atoms with van der Waals surface area (Å²) in [6.07, 6.45) is 4.26. The Bertz CT molecular complexity index is 443. The highest BCUT2D eigenvalue weighted by Gasteiger charge is 2.37. The quantitative estimate of drug-likeness (QED) is 0.390. The first-order valence-corrected chi connectivity index (χ1v) is 8.01. The van der Waals surface area contributed by atoms with Gasteiger partial charge in [0, 0.05) is 9.82 Å². The summed E-state index contributed by atoms with van der Waals surface area (Å²) in [5, 5.41) is 20.7. The van der Waals surface area contributed by atoms with Gasteiger partial charge in [-0.05, 0) is 49.6 Å². The third kappa shape index (κ3) is 3.96. The standard InChI is InChI=1S/C15H21NO3S/c1-11-7-9-13(10-8-11)20-15(16(18)19)14(17)12-5-3-2-4-6-12/h7-10,12,14-15,17H,2-6H2,1H3. The van der Waals surface area contributed by atoms with E-state index in [1.807, 2.05) is 31.2 Å². The minimum Gasteiger partial charge on any atom is -0.385 e. The van der Waals surface area contributed by atoms with Gasteiger partial charge < -0.3 is 5.11 Å². The molecule has 0 bridgehead atoms. The fraction of sp³-hybridized carbons (Fsp3) is 0.600. The van der Waals surface area contributed by atoms with E-state index in [4.69, 9.17) is 0 Å². The Labute approximate surface area is 123 Å². The summed E-state index contributed by atoms with van der Waals surface area (Å²) < 4.78 is 0. The van der Waals surface area contributed by atoms with Crippen LogP contribution in [0, 0.1) is 23.0 Å². The van der Waals surface area contributed by atoms with Crippen molar-refractivity contribution in [2.45, 2.75) is 55.4 Å². The minimum absolute atomic E-state index is 0.0668. The Morgan fingerprint density at radius 2 is 1.85 bits per heavy atom. The normalized spacial score (nSPS) is 19.5. The first-order chi connectivity index (χ1) is 9.58. The van der Waals surface area contributed by atoms with E-state index >= 15 is 0 Å². The third-order valence-corrected chi connectivity index (χ3v) is 5.15. The molecule has 1 aromatic rings. The maximum atomic E-state index is 11.3. The second-order valence-electron chi connectivity index (χ2n) is 5.50. The van der Waals surface area contributed by atoms with Gasteiger partial charge in [0.1, 0.15) is 6.10 Å². The zero-order valence-electron chi connectivity index (χ0n) is 11.7. The van der Waals surface area contributed by atoms with E-state index in [0.717, 1.165) is 47.9 Å². The molecular weight excluding hydrogens is 274 g/mol. The fourth-order valence-electron chi connectivity index (χ4n) is 2.70. The summed E-state index contributed by atoms with van der Waals surface area (Å²) in [6, 6.07) is 7.63. The molecule has 1 fully saturated rings. The molecule has 20 heavy (non-hydrogen) atoms. The largest absolute Gasteiger partial charge is 0.385 e. The van der Waals surface area contributed by atoms with Crippen LogP contribution in [0.2, 0.25) is 0 Å². The molecular formula is C15H21NO3S. The molecule has 1 N–H and O–H groups in total. The summed E-state index contributed by atoms with van der Waals surface area (Å²) in [5.74, 6) is 0.0668. The van der Waals surface area contributed by atoms with Gasteiger partial charge in [0.15, 0.2) is 0 Å². The van der Waals surface area contributed by atoms with Gasteiger partial charge in [-0.3, -0.25) is 10.1 Å². The lowest BCUT2D eigenvalue weighted by Crippen LogP contribution is -2.37. The number of hydrogen-bond donors (Lipinski definition) is 1. The number of nitro groups is 1. The van der Waals surface area contributed by atoms with Crippen molar-refractivity contribution in [2.75, 3.05) is 0 Å². The molecule has 1 aliphatic rings. The predicted octanol–water partition coefficient (Wildman–Crippen LogP) is 3.63. The molecule has 0 saturated heterocycles. The molecule has 1 aliphatic carbocycles. The molecule has 0 aliphatic heterocycles. The van der Waals surface area contributed by atoms with Gasteiger partial charge in [-0.25, -0.2) is 0 Å². The van der Waals surface area contributed by atoms with Crippen molar-refractivity contribution in [1.82, 2.24) is 0 Å². The molecule has 0 aromatic heterocycles. The van der Waals surface area contributed by atoms with Crippen molar-refractivity contribution in [1.29, 1.82) is 0 Å². The van der Waals surface area contributed by atoms with Crippen molar-refractivity contribution in [2.24, 2.45) is 5.92 Å². The lowest BCUT2D eigenvalue weighted by molar-refractivity contribution is -0.508. The number of aliphatic hydroxyl groups excluding tert-OH is 1. The zero-order valence-corrected chi connectivity index (χ0v) is 12.5. The van der Waals surface area contributed by atoms with E-state index in [0.29, 0.717) is 0 Å². The number of aryl methyl sites for hydroxylation is 1. The lowest BCUT2D eigenvalue weighted by atomic mass is 9.85. The van der Waals surface area contributed by atoms with Crippen LogP contribution in [0.3, 0.4) is 0 Å². The smallest absolute Gasteiger partial charge is 0.288 e. The highest BCUT2D eigenvalue weighted by molar-refractivity contribution is 7.99. The van der Waals surface area contributed by atoms with Crippen LogP contribution in [0.4, 0.5) is 0 Å². The molecule has 4 nitrogen and oxygen atoms in total. The van der Waals surface area contributed by atoms with Crippen LogP contribution in [-0.4, -0.2) is 21.5 Å². The summed E-state index contributed by atoms with van der Waals surface area (Å²) in [4.78, 5) is 11.8. The highest BCUT2D eigenvalue weighted by atomic mass is 32.2. The average Bonchev–Trinajstić information content (AvgIpc) is 2.46. The lowest BCUT2D eigenvalue weighted by Gasteiger charge is -2.27. The van der Waals surface area contributed by atoms with E-state index in [1.165, 1.54) is 6.42 Å². The number of benzene rings is 1. The summed E-state index contributed by atoms with van der Waals surface area (Å²) in [5.41, 5.74) is 1.12. The Balaban J connectivity index is 2.05. The number of aliphatic hydroxyl groups is 1. The SMILES string of the molecule is Cc1ccc(SC(C(O)C2CCCCC2)[N+](=O)[O-])cc1. The Morgan fingerprint density at radius 3 is 2.40 bits per heavy atom. The molecule has 0 spiro atoms. The molecule has 2 unspecified atom stereocenters. The van der Waals surface area contributed by atoms with Gasteiger partial charge >= 0.3 is 0 Å². The number of nitrogens with zero attached hydrogens (tertiary/aromatic N) is 1. The molecule has 0 radical (unpaired) electrons. The van der Waals surface area contributed by atoms with E-state index in [2.05, 4.69) is 0 Å². The molecule has 2 rings (SSSR count). The van der Waals surface area contributed by atoms with Crippen LogP contribution in [0.15, 0.2) is 29.2 Å². The number of rotatable bonds is 5. The summed E-state index contributed by atoms with van der Waals surface area (Å²) >= 11 is 1.16. The van der Waals surface area contributed by atoms with Crippen LogP contribution in [0.5, 0.6) is 0 Å². The monoisotopic (exact) mass is 295 g/mol. The second-order valence-corrected chi connectivity index (χ2v) is 6.69. The maximum absolute atomic E-state index is 11.3. The van der Waals surface area contributed by atoms with Gasteiger partial charge in [0.2, 0.25) is 0 Å². The molecule has 110 valence electrons. The van der Waals surface area contributed by atoms with Gasteiger partial charge in [-0.1, -0.05) is 37.0 Å². The first-order valence-electron chi connectivity index (χ1n) is 7.13. The van der Waals surface area contributed by atoms with Crippen molar-refractivity contribution in [3.05, 3.63) is 39.9 Å². The topological polar surface area (TPSA) is 63.4 Å². The molecule has 2 atom stereocenters. The van der Waals surface area contributed by atoms with Crippen LogP contribution < -0.4 is 0 Å². The van der Waals surface area contributed by atoms with Crippen LogP contribution in [-0.2, 0) is 0 Å². The van der Waals surface area contributed by atoms with E-state index in [1.54, 1.807) is 0 Å². The van der Waals surface area contributed by atoms with E-state index in [9.17, 15) is 15.2 Å². The van der Waals surface area contributed by atoms with Crippen LogP contribution in [0.1, 0.15) is 37.7 Å². The van der Waals surface area contributed by atoms with E-state index < -0.39 is 11.5 Å². The van der Waals surface area contributed by atoms with Gasteiger partial charge in [-0.2, -0.15) is 0 Å². The van der Waals surface area contributed by atoms with Gasteiger partial charge in [0.25, 0.3) is 5.37 Å². The molecule has 1 saturated carbocycles. The summed E-state index contributed by atoms with van der Waals surface area (Å²) in [7, 11) is 0. The Morgan fingerprint density at radius 1 is 1.25 bits per heavy atom. The van der Waals surface area contributed by atoms with Crippen molar-refractivity contribution >= 4 is 11.8 Å². The second kappa shape index (κ2) is 7.09. The molecule has 0 amide bonds. The van der Waals surface area contributed by atoms with Crippen molar-refractivity contribution in [3.8, 4) is 0 Å². The van der Waals surface area contributed by atoms with Gasteiger partial charge in [0.05, 0.1) is 0 Å². The van der Waals surface area contributed by atoms with Crippen LogP contribution >= 0.6 is 11.8 Å². The third-order valence-electron chi connectivity index (χ3n) is 3.91. The Kier molecular flexibility index (Phi) is 5.43. The fourth-order valence-corrected chi connectivity index (χ4v) is 3.72. The van der Waals surface area contributed by atoms with Crippen molar-refractivity contribution in [3.63, 3.8) is 0 Å². The minimum atomic E-state index is -0.971. The highest BCUT2D eigenvalue weighted by Crippen LogP contribution is 2.34. The first kappa shape index (κ1) is 15.3.